The van der Waals surface area contributed by atoms with E-state index in [0.717, 1.165) is 0 Å². The minimum absolute atomic E-state index is 0.00240. The minimum Gasteiger partial charge on any atom is -0.481 e. The van der Waals surface area contributed by atoms with Gasteiger partial charge in [0, 0.05) is 6.42 Å². The molecule has 0 aromatic carbocycles. The Labute approximate surface area is 176 Å². The number of hydrogen-bond acceptors (Lipinski definition) is 6. The Hall–Kier alpha value is -2.69. The number of carbonyl (C=O) groups excluding carboxylic acids is 3. The lowest BCUT2D eigenvalue weighted by atomic mass is 10.0. The smallest absolute Gasteiger partial charge is 0.322 e. The van der Waals surface area contributed by atoms with Crippen LogP contribution in [0.1, 0.15) is 53.4 Å². The number of hydrogen-bond donors (Lipinski definition) is 6. The van der Waals surface area contributed by atoms with Gasteiger partial charge in [0.25, 0.3) is 0 Å². The van der Waals surface area contributed by atoms with Gasteiger partial charge in [0.1, 0.15) is 18.6 Å². The fourth-order valence-corrected chi connectivity index (χ4v) is 2.69. The van der Waals surface area contributed by atoms with E-state index in [4.69, 9.17) is 15.9 Å². The van der Waals surface area contributed by atoms with Gasteiger partial charge >= 0.3 is 11.9 Å². The van der Waals surface area contributed by atoms with Gasteiger partial charge in [-0.05, 0) is 31.1 Å². The van der Waals surface area contributed by atoms with Gasteiger partial charge in [-0.15, -0.1) is 0 Å². The molecule has 7 N–H and O–H groups in total. The zero-order valence-electron chi connectivity index (χ0n) is 17.9. The van der Waals surface area contributed by atoms with Crippen LogP contribution in [-0.4, -0.2) is 64.5 Å². The quantitative estimate of drug-likeness (QED) is 0.211. The molecule has 0 radical (unpaired) electrons. The topological polar surface area (TPSA) is 188 Å². The first-order chi connectivity index (χ1) is 13.8. The highest BCUT2D eigenvalue weighted by Gasteiger charge is 2.29. The highest BCUT2D eigenvalue weighted by atomic mass is 16.4. The van der Waals surface area contributed by atoms with Crippen molar-refractivity contribution in [3.05, 3.63) is 0 Å². The van der Waals surface area contributed by atoms with Crippen LogP contribution < -0.4 is 21.7 Å². The average molecular weight is 431 g/mol. The summed E-state index contributed by atoms with van der Waals surface area (Å²) in [6.45, 7) is 6.80. The highest BCUT2D eigenvalue weighted by molar-refractivity contribution is 5.93. The van der Waals surface area contributed by atoms with Gasteiger partial charge in [0.15, 0.2) is 0 Å². The van der Waals surface area contributed by atoms with E-state index in [2.05, 4.69) is 16.0 Å². The van der Waals surface area contributed by atoms with E-state index in [1.165, 1.54) is 0 Å². The lowest BCUT2D eigenvalue weighted by Gasteiger charge is -2.25. The summed E-state index contributed by atoms with van der Waals surface area (Å²) < 4.78 is 0. The Morgan fingerprint density at radius 2 is 1.30 bits per heavy atom. The van der Waals surface area contributed by atoms with E-state index < -0.39 is 54.3 Å². The zero-order chi connectivity index (χ0) is 23.4. The lowest BCUT2D eigenvalue weighted by Crippen LogP contribution is -2.56. The summed E-state index contributed by atoms with van der Waals surface area (Å²) in [5, 5.41) is 24.8. The first-order valence-corrected chi connectivity index (χ1v) is 9.91. The molecule has 3 amide bonds. The van der Waals surface area contributed by atoms with Crippen LogP contribution >= 0.6 is 0 Å². The molecule has 11 nitrogen and oxygen atoms in total. The normalized spacial score (nSPS) is 14.0. The van der Waals surface area contributed by atoms with Crippen molar-refractivity contribution in [3.8, 4) is 0 Å². The standard InChI is InChI=1S/C19H34N4O7/c1-10(2)7-12(20)17(28)22-13(5-6-15(24)25)19(30)23-14(8-11(3)4)18(29)21-9-16(26)27/h10-14H,5-9,20H2,1-4H3,(H,21,29)(H,22,28)(H,23,30)(H,24,25)(H,26,27). The van der Waals surface area contributed by atoms with Crippen LogP contribution in [0.25, 0.3) is 0 Å². The number of aliphatic carboxylic acids is 2. The van der Waals surface area contributed by atoms with Crippen molar-refractivity contribution < 1.29 is 34.2 Å². The number of carbonyl (C=O) groups is 5. The molecule has 0 heterocycles. The van der Waals surface area contributed by atoms with Crippen molar-refractivity contribution in [2.45, 2.75) is 71.5 Å². The van der Waals surface area contributed by atoms with Crippen LogP contribution in [0.15, 0.2) is 0 Å². The molecule has 0 rings (SSSR count). The lowest BCUT2D eigenvalue weighted by molar-refractivity contribution is -0.138. The van der Waals surface area contributed by atoms with Crippen LogP contribution in [0, 0.1) is 11.8 Å². The largest absolute Gasteiger partial charge is 0.481 e. The van der Waals surface area contributed by atoms with E-state index in [0.29, 0.717) is 6.42 Å². The van der Waals surface area contributed by atoms with Crippen LogP contribution in [0.4, 0.5) is 0 Å². The molecular weight excluding hydrogens is 396 g/mol. The summed E-state index contributed by atoms with van der Waals surface area (Å²) in [5.41, 5.74) is 5.83. The fraction of sp³-hybridized carbons (Fsp3) is 0.737. The van der Waals surface area contributed by atoms with Gasteiger partial charge in [-0.1, -0.05) is 27.7 Å². The predicted molar refractivity (Wildman–Crippen MR) is 108 cm³/mol. The molecule has 0 aliphatic rings. The van der Waals surface area contributed by atoms with Gasteiger partial charge in [0.2, 0.25) is 17.7 Å². The summed E-state index contributed by atoms with van der Waals surface area (Å²) in [5.74, 6) is -4.25. The minimum atomic E-state index is -1.23. The molecule has 0 aromatic rings. The van der Waals surface area contributed by atoms with Crippen LogP contribution in [0.5, 0.6) is 0 Å². The highest BCUT2D eigenvalue weighted by Crippen LogP contribution is 2.08. The first kappa shape index (κ1) is 27.3. The first-order valence-electron chi connectivity index (χ1n) is 9.91. The molecule has 0 spiro atoms. The average Bonchev–Trinajstić information content (AvgIpc) is 2.60. The third kappa shape index (κ3) is 12.0. The van der Waals surface area contributed by atoms with Crippen molar-refractivity contribution in [2.24, 2.45) is 17.6 Å². The number of rotatable bonds is 14. The maximum absolute atomic E-state index is 12.7. The van der Waals surface area contributed by atoms with Gasteiger partial charge < -0.3 is 31.9 Å². The Kier molecular flexibility index (Phi) is 12.3. The van der Waals surface area contributed by atoms with Gasteiger partial charge in [-0.2, -0.15) is 0 Å². The molecule has 3 unspecified atom stereocenters. The van der Waals surface area contributed by atoms with E-state index in [-0.39, 0.29) is 31.1 Å². The molecule has 0 aliphatic carbocycles. The van der Waals surface area contributed by atoms with E-state index >= 15 is 0 Å². The third-order valence-corrected chi connectivity index (χ3v) is 4.10. The van der Waals surface area contributed by atoms with Crippen molar-refractivity contribution in [3.63, 3.8) is 0 Å². The molecule has 0 saturated carbocycles. The second-order valence-electron chi connectivity index (χ2n) is 8.03. The van der Waals surface area contributed by atoms with E-state index in [1.54, 1.807) is 0 Å². The van der Waals surface area contributed by atoms with Gasteiger partial charge in [-0.3, -0.25) is 24.0 Å². The fourth-order valence-electron chi connectivity index (χ4n) is 2.69. The Bertz CT molecular complexity index is 622. The Morgan fingerprint density at radius 1 is 0.767 bits per heavy atom. The monoisotopic (exact) mass is 430 g/mol. The Morgan fingerprint density at radius 3 is 1.77 bits per heavy atom. The van der Waals surface area contributed by atoms with Crippen molar-refractivity contribution in [1.82, 2.24) is 16.0 Å². The summed E-state index contributed by atoms with van der Waals surface area (Å²) in [6, 6.07) is -3.10. The van der Waals surface area contributed by atoms with Crippen molar-refractivity contribution in [2.75, 3.05) is 6.54 Å². The summed E-state index contributed by atoms with van der Waals surface area (Å²) in [7, 11) is 0. The molecule has 0 aliphatic heterocycles. The SMILES string of the molecule is CC(C)CC(N)C(=O)NC(CCC(=O)O)C(=O)NC(CC(C)C)C(=O)NCC(=O)O. The summed E-state index contributed by atoms with van der Waals surface area (Å²) in [6.07, 6.45) is 0.0423. The van der Waals surface area contributed by atoms with E-state index in [9.17, 15) is 24.0 Å². The number of nitrogens with one attached hydrogen (secondary N) is 3. The molecule has 30 heavy (non-hydrogen) atoms. The van der Waals surface area contributed by atoms with Crippen LogP contribution in [0.3, 0.4) is 0 Å². The predicted octanol–water partition coefficient (Wildman–Crippen LogP) is -0.559. The maximum Gasteiger partial charge on any atom is 0.322 e. The van der Waals surface area contributed by atoms with Crippen LogP contribution in [-0.2, 0) is 24.0 Å². The third-order valence-electron chi connectivity index (χ3n) is 4.10. The second-order valence-corrected chi connectivity index (χ2v) is 8.03. The maximum atomic E-state index is 12.7. The molecule has 11 heteroatoms. The van der Waals surface area contributed by atoms with Gasteiger partial charge in [-0.25, -0.2) is 0 Å². The van der Waals surface area contributed by atoms with Gasteiger partial charge in [0.05, 0.1) is 6.04 Å². The number of amides is 3. The number of carboxylic acid groups (broad SMARTS) is 2. The molecular formula is C19H34N4O7. The zero-order valence-corrected chi connectivity index (χ0v) is 17.9. The van der Waals surface area contributed by atoms with Crippen molar-refractivity contribution >= 4 is 29.7 Å². The van der Waals surface area contributed by atoms with E-state index in [1.807, 2.05) is 27.7 Å². The molecule has 172 valence electrons. The molecule has 0 bridgehead atoms. The molecule has 3 atom stereocenters. The second kappa shape index (κ2) is 13.5. The number of nitrogens with two attached hydrogens (primary N) is 1. The van der Waals surface area contributed by atoms with Crippen LogP contribution in [0.2, 0.25) is 0 Å². The molecule has 0 aromatic heterocycles. The summed E-state index contributed by atoms with van der Waals surface area (Å²) >= 11 is 0. The number of carboxylic acids is 2. The Balaban J connectivity index is 5.30. The van der Waals surface area contributed by atoms with Crippen molar-refractivity contribution in [1.29, 1.82) is 0 Å². The molecule has 0 saturated heterocycles. The molecule has 0 fully saturated rings. The summed E-state index contributed by atoms with van der Waals surface area (Å²) in [4.78, 5) is 58.9.